The van der Waals surface area contributed by atoms with Gasteiger partial charge in [0.2, 0.25) is 5.24 Å². The van der Waals surface area contributed by atoms with Crippen LogP contribution in [0.2, 0.25) is 0 Å². The van der Waals surface area contributed by atoms with E-state index in [1.807, 2.05) is 42.5 Å². The van der Waals surface area contributed by atoms with Crippen LogP contribution in [0.25, 0.3) is 0 Å². The molecule has 0 fully saturated rings. The molecule has 0 aliphatic heterocycles. The lowest BCUT2D eigenvalue weighted by atomic mass is 9.86. The summed E-state index contributed by atoms with van der Waals surface area (Å²) in [5.41, 5.74) is 2.11. The average Bonchev–Trinajstić information content (AvgIpc) is 2.55. The zero-order chi connectivity index (χ0) is 16.9. The second-order valence-corrected chi connectivity index (χ2v) is 7.06. The van der Waals surface area contributed by atoms with Crippen LogP contribution in [0.5, 0.6) is 5.75 Å². The van der Waals surface area contributed by atoms with E-state index >= 15 is 0 Å². The van der Waals surface area contributed by atoms with Gasteiger partial charge in [0.15, 0.2) is 0 Å². The Morgan fingerprint density at radius 3 is 2.26 bits per heavy atom. The summed E-state index contributed by atoms with van der Waals surface area (Å²) < 4.78 is 5.91. The topological polar surface area (TPSA) is 26.3 Å². The third kappa shape index (κ3) is 5.26. The molecule has 0 spiro atoms. The lowest BCUT2D eigenvalue weighted by Crippen LogP contribution is -2.26. The molecule has 4 heteroatoms. The molecule has 0 heterocycles. The summed E-state index contributed by atoms with van der Waals surface area (Å²) in [7, 11) is 0. The first-order chi connectivity index (χ1) is 10.9. The second kappa shape index (κ2) is 7.85. The van der Waals surface area contributed by atoms with Crippen LogP contribution in [0.15, 0.2) is 54.6 Å². The van der Waals surface area contributed by atoms with Gasteiger partial charge in [-0.1, -0.05) is 56.3 Å². The van der Waals surface area contributed by atoms with Gasteiger partial charge < -0.3 is 4.74 Å². The predicted molar refractivity (Wildman–Crippen MR) is 95.6 cm³/mol. The molecule has 1 unspecified atom stereocenters. The van der Waals surface area contributed by atoms with Crippen molar-refractivity contribution in [1.82, 2.24) is 0 Å². The van der Waals surface area contributed by atoms with Gasteiger partial charge in [-0.05, 0) is 41.3 Å². The monoisotopic (exact) mass is 350 g/mol. The zero-order valence-corrected chi connectivity index (χ0v) is 14.8. The maximum absolute atomic E-state index is 11.0. The fourth-order valence-corrected chi connectivity index (χ4v) is 2.50. The molecule has 0 aliphatic rings. The first-order valence-corrected chi connectivity index (χ1v) is 8.30. The van der Waals surface area contributed by atoms with Crippen molar-refractivity contribution in [3.8, 4) is 5.75 Å². The molecule has 1 atom stereocenters. The van der Waals surface area contributed by atoms with E-state index in [4.69, 9.17) is 27.9 Å². The number of hydrogen-bond acceptors (Lipinski definition) is 2. The first kappa shape index (κ1) is 17.8. The van der Waals surface area contributed by atoms with Crippen molar-refractivity contribution in [2.75, 3.05) is 6.61 Å². The SMILES string of the molecule is CC(C)(COc1ccc(CC(Cl)C(=O)Cl)cc1)c1ccccc1. The Morgan fingerprint density at radius 2 is 1.70 bits per heavy atom. The number of halogens is 2. The van der Waals surface area contributed by atoms with Crippen molar-refractivity contribution in [3.63, 3.8) is 0 Å². The van der Waals surface area contributed by atoms with Gasteiger partial charge in [-0.25, -0.2) is 0 Å². The fourth-order valence-electron chi connectivity index (χ4n) is 2.25. The van der Waals surface area contributed by atoms with Crippen molar-refractivity contribution in [1.29, 1.82) is 0 Å². The summed E-state index contributed by atoms with van der Waals surface area (Å²) in [5, 5.41) is -1.22. The van der Waals surface area contributed by atoms with E-state index in [9.17, 15) is 4.79 Å². The van der Waals surface area contributed by atoms with Crippen LogP contribution in [-0.4, -0.2) is 17.2 Å². The Hall–Kier alpha value is -1.51. The highest BCUT2D eigenvalue weighted by Gasteiger charge is 2.21. The van der Waals surface area contributed by atoms with Crippen molar-refractivity contribution < 1.29 is 9.53 Å². The number of alkyl halides is 1. The van der Waals surface area contributed by atoms with Gasteiger partial charge in [0.1, 0.15) is 11.1 Å². The molecule has 0 aliphatic carbocycles. The van der Waals surface area contributed by atoms with Gasteiger partial charge >= 0.3 is 0 Å². The van der Waals surface area contributed by atoms with Crippen LogP contribution in [0.4, 0.5) is 0 Å². The van der Waals surface area contributed by atoms with Gasteiger partial charge in [0, 0.05) is 5.41 Å². The highest BCUT2D eigenvalue weighted by Crippen LogP contribution is 2.25. The molecule has 0 amide bonds. The molecule has 0 N–H and O–H groups in total. The van der Waals surface area contributed by atoms with Crippen LogP contribution < -0.4 is 4.74 Å². The molecule has 0 radical (unpaired) electrons. The summed E-state index contributed by atoms with van der Waals surface area (Å²) in [6.45, 7) is 4.89. The van der Waals surface area contributed by atoms with Gasteiger partial charge in [-0.3, -0.25) is 4.79 Å². The summed E-state index contributed by atoms with van der Waals surface area (Å²) >= 11 is 11.2. The van der Waals surface area contributed by atoms with E-state index in [-0.39, 0.29) is 5.41 Å². The minimum atomic E-state index is -0.694. The molecule has 23 heavy (non-hydrogen) atoms. The Labute approximate surface area is 147 Å². The quantitative estimate of drug-likeness (QED) is 0.521. The fraction of sp³-hybridized carbons (Fsp3) is 0.316. The van der Waals surface area contributed by atoms with E-state index < -0.39 is 10.6 Å². The third-order valence-electron chi connectivity index (χ3n) is 3.74. The van der Waals surface area contributed by atoms with Crippen LogP contribution in [0.1, 0.15) is 25.0 Å². The van der Waals surface area contributed by atoms with Crippen molar-refractivity contribution in [3.05, 3.63) is 65.7 Å². The molecule has 2 aromatic rings. The number of benzene rings is 2. The lowest BCUT2D eigenvalue weighted by molar-refractivity contribution is -0.111. The third-order valence-corrected chi connectivity index (χ3v) is 4.47. The summed E-state index contributed by atoms with van der Waals surface area (Å²) in [6.07, 6.45) is 0.416. The zero-order valence-electron chi connectivity index (χ0n) is 13.3. The standard InChI is InChI=1S/C19H20Cl2O2/c1-19(2,15-6-4-3-5-7-15)13-23-16-10-8-14(9-11-16)12-17(20)18(21)22/h3-11,17H,12-13H2,1-2H3. The number of hydrogen-bond donors (Lipinski definition) is 0. The van der Waals surface area contributed by atoms with Crippen LogP contribution in [0.3, 0.4) is 0 Å². The highest BCUT2D eigenvalue weighted by molar-refractivity contribution is 6.69. The van der Waals surface area contributed by atoms with E-state index in [0.717, 1.165) is 11.3 Å². The predicted octanol–water partition coefficient (Wildman–Crippen LogP) is 4.96. The molecule has 0 saturated heterocycles. The van der Waals surface area contributed by atoms with E-state index in [1.165, 1.54) is 5.56 Å². The van der Waals surface area contributed by atoms with Gasteiger partial charge in [0.05, 0.1) is 6.61 Å². The molecular formula is C19H20Cl2O2. The Balaban J connectivity index is 1.95. The molecule has 122 valence electrons. The molecular weight excluding hydrogens is 331 g/mol. The van der Waals surface area contributed by atoms with E-state index in [2.05, 4.69) is 26.0 Å². The smallest absolute Gasteiger partial charge is 0.239 e. The number of carbonyl (C=O) groups excluding carboxylic acids is 1. The van der Waals surface area contributed by atoms with Crippen molar-refractivity contribution in [2.45, 2.75) is 31.1 Å². The van der Waals surface area contributed by atoms with E-state index in [1.54, 1.807) is 0 Å². The van der Waals surface area contributed by atoms with Gasteiger partial charge in [-0.15, -0.1) is 11.6 Å². The maximum atomic E-state index is 11.0. The highest BCUT2D eigenvalue weighted by atomic mass is 35.5. The first-order valence-electron chi connectivity index (χ1n) is 7.49. The number of carbonyl (C=O) groups is 1. The Bertz CT molecular complexity index is 636. The van der Waals surface area contributed by atoms with Crippen LogP contribution in [-0.2, 0) is 16.6 Å². The molecule has 2 nitrogen and oxygen atoms in total. The van der Waals surface area contributed by atoms with Crippen LogP contribution >= 0.6 is 23.2 Å². The van der Waals surface area contributed by atoms with E-state index in [0.29, 0.717) is 13.0 Å². The Morgan fingerprint density at radius 1 is 1.09 bits per heavy atom. The van der Waals surface area contributed by atoms with Gasteiger partial charge in [0.25, 0.3) is 0 Å². The van der Waals surface area contributed by atoms with Crippen LogP contribution in [0, 0.1) is 0 Å². The maximum Gasteiger partial charge on any atom is 0.239 e. The summed E-state index contributed by atoms with van der Waals surface area (Å²) in [4.78, 5) is 11.0. The van der Waals surface area contributed by atoms with Crippen molar-refractivity contribution >= 4 is 28.4 Å². The molecule has 2 aromatic carbocycles. The summed E-state index contributed by atoms with van der Waals surface area (Å²) in [6, 6.07) is 17.9. The molecule has 0 bridgehead atoms. The molecule has 0 aromatic heterocycles. The Kier molecular flexibility index (Phi) is 6.09. The normalized spacial score (nSPS) is 12.7. The van der Waals surface area contributed by atoms with Crippen molar-refractivity contribution in [2.24, 2.45) is 0 Å². The molecule has 0 saturated carbocycles. The number of rotatable bonds is 7. The average molecular weight is 351 g/mol. The summed E-state index contributed by atoms with van der Waals surface area (Å²) in [5.74, 6) is 0.793. The lowest BCUT2D eigenvalue weighted by Gasteiger charge is -2.25. The largest absolute Gasteiger partial charge is 0.493 e. The second-order valence-electron chi connectivity index (χ2n) is 6.16. The minimum absolute atomic E-state index is 0.0772. The molecule has 2 rings (SSSR count). The van der Waals surface area contributed by atoms with Gasteiger partial charge in [-0.2, -0.15) is 0 Å². The minimum Gasteiger partial charge on any atom is -0.493 e. The number of ether oxygens (including phenoxy) is 1.